The molecule has 3 aromatic rings. The highest BCUT2D eigenvalue weighted by atomic mass is 16.5. The molecule has 0 spiro atoms. The third kappa shape index (κ3) is 8.11. The molecule has 0 bridgehead atoms. The Bertz CT molecular complexity index is 1300. The molecule has 2 fully saturated rings. The minimum absolute atomic E-state index is 0.174. The maximum absolute atomic E-state index is 13.7. The molecule has 1 amide bonds. The maximum Gasteiger partial charge on any atom is 0.293 e. The van der Waals surface area contributed by atoms with E-state index in [1.807, 2.05) is 11.0 Å². The van der Waals surface area contributed by atoms with Crippen molar-refractivity contribution >= 4 is 29.0 Å². The van der Waals surface area contributed by atoms with Gasteiger partial charge >= 0.3 is 0 Å². The first-order chi connectivity index (χ1) is 21.0. The number of piperidine rings is 1. The van der Waals surface area contributed by atoms with Crippen LogP contribution in [0.1, 0.15) is 69.4 Å². The molecule has 0 radical (unpaired) electrons. The second kappa shape index (κ2) is 16.4. The van der Waals surface area contributed by atoms with Crippen molar-refractivity contribution in [2.45, 2.75) is 72.4 Å². The molecule has 2 saturated heterocycles. The number of carbonyl (C=O) groups is 2. The van der Waals surface area contributed by atoms with E-state index in [1.54, 1.807) is 6.92 Å². The van der Waals surface area contributed by atoms with Crippen molar-refractivity contribution in [1.82, 2.24) is 14.4 Å². The number of fused-ring (bicyclic) bond motifs is 1. The second-order valence-corrected chi connectivity index (χ2v) is 11.3. The van der Waals surface area contributed by atoms with E-state index in [1.165, 1.54) is 31.5 Å². The number of rotatable bonds is 11. The molecule has 1 aromatic heterocycles. The predicted molar refractivity (Wildman–Crippen MR) is 174 cm³/mol. The molecule has 234 valence electrons. The molecule has 1 unspecified atom stereocenters. The molecule has 3 heterocycles. The summed E-state index contributed by atoms with van der Waals surface area (Å²) in [6, 6.07) is 17.5. The van der Waals surface area contributed by atoms with Crippen molar-refractivity contribution in [3.05, 3.63) is 59.8 Å². The monoisotopic (exact) mass is 590 g/mol. The molecular weight excluding hydrogens is 540 g/mol. The van der Waals surface area contributed by atoms with Crippen molar-refractivity contribution in [3.8, 4) is 5.75 Å². The van der Waals surface area contributed by atoms with E-state index in [0.717, 1.165) is 86.6 Å². The number of amides is 1. The van der Waals surface area contributed by atoms with Crippen LogP contribution in [0.15, 0.2) is 48.5 Å². The number of hydrogen-bond acceptors (Lipinski definition) is 6. The minimum atomic E-state index is 0.174. The Balaban J connectivity index is 0.000000782. The van der Waals surface area contributed by atoms with Crippen molar-refractivity contribution < 1.29 is 19.1 Å². The molecule has 2 aliphatic rings. The number of nitrogens with zero attached hydrogens (tertiary/aromatic N) is 4. The lowest BCUT2D eigenvalue weighted by Gasteiger charge is -2.36. The highest BCUT2D eigenvalue weighted by Crippen LogP contribution is 2.29. The lowest BCUT2D eigenvalue weighted by atomic mass is 10.0. The number of carbonyl (C=O) groups excluding carboxylic acids is 2. The third-order valence-electron chi connectivity index (χ3n) is 8.75. The van der Waals surface area contributed by atoms with Gasteiger partial charge in [-0.3, -0.25) is 9.59 Å². The summed E-state index contributed by atoms with van der Waals surface area (Å²) in [4.78, 5) is 29.9. The van der Waals surface area contributed by atoms with Crippen LogP contribution in [0.25, 0.3) is 10.9 Å². The number of piperazine rings is 1. The van der Waals surface area contributed by atoms with E-state index in [9.17, 15) is 9.59 Å². The maximum atomic E-state index is 13.7. The number of ether oxygens (including phenoxy) is 2. The summed E-state index contributed by atoms with van der Waals surface area (Å²) in [7, 11) is 0. The smallest absolute Gasteiger partial charge is 0.293 e. The van der Waals surface area contributed by atoms with Gasteiger partial charge in [-0.2, -0.15) is 0 Å². The van der Waals surface area contributed by atoms with E-state index >= 15 is 0 Å². The van der Waals surface area contributed by atoms with Crippen LogP contribution in [0.4, 0.5) is 5.69 Å². The zero-order valence-electron chi connectivity index (χ0n) is 26.6. The summed E-state index contributed by atoms with van der Waals surface area (Å²) >= 11 is 0. The first-order valence-corrected chi connectivity index (χ1v) is 16.2. The van der Waals surface area contributed by atoms with Crippen LogP contribution in [0.2, 0.25) is 0 Å². The molecule has 2 aliphatic heterocycles. The summed E-state index contributed by atoms with van der Waals surface area (Å²) in [5.74, 6) is 1.11. The zero-order chi connectivity index (χ0) is 30.6. The lowest BCUT2D eigenvalue weighted by Crippen LogP contribution is -2.49. The zero-order valence-corrected chi connectivity index (χ0v) is 26.6. The molecule has 8 nitrogen and oxygen atoms in total. The van der Waals surface area contributed by atoms with Crippen molar-refractivity contribution in [2.75, 3.05) is 57.4 Å². The van der Waals surface area contributed by atoms with Crippen LogP contribution in [0, 0.1) is 0 Å². The van der Waals surface area contributed by atoms with Gasteiger partial charge in [0.1, 0.15) is 5.75 Å². The van der Waals surface area contributed by atoms with Gasteiger partial charge in [0.05, 0.1) is 18.8 Å². The van der Waals surface area contributed by atoms with Crippen molar-refractivity contribution in [2.24, 2.45) is 0 Å². The molecule has 43 heavy (non-hydrogen) atoms. The number of aryl methyl sites for hydroxylation is 1. The van der Waals surface area contributed by atoms with Gasteiger partial charge in [0, 0.05) is 67.6 Å². The number of likely N-dealkylation sites (tertiary alicyclic amines) is 1. The largest absolute Gasteiger partial charge is 0.494 e. The summed E-state index contributed by atoms with van der Waals surface area (Å²) < 4.78 is 12.5. The number of aromatic nitrogens is 1. The number of hydrogen-bond donors (Lipinski definition) is 0. The van der Waals surface area contributed by atoms with Crippen LogP contribution >= 0.6 is 0 Å². The fraction of sp³-hybridized carbons (Fsp3) is 0.543. The Morgan fingerprint density at radius 3 is 2.33 bits per heavy atom. The lowest BCUT2D eigenvalue weighted by molar-refractivity contribution is -0.128. The highest BCUT2D eigenvalue weighted by Gasteiger charge is 2.28. The van der Waals surface area contributed by atoms with Gasteiger partial charge in [0.15, 0.2) is 0 Å². The highest BCUT2D eigenvalue weighted by molar-refractivity contribution is 6.08. The van der Waals surface area contributed by atoms with E-state index in [2.05, 4.69) is 82.3 Å². The third-order valence-corrected chi connectivity index (χ3v) is 8.75. The van der Waals surface area contributed by atoms with E-state index in [0.29, 0.717) is 19.1 Å². The minimum Gasteiger partial charge on any atom is -0.494 e. The Morgan fingerprint density at radius 2 is 1.70 bits per heavy atom. The van der Waals surface area contributed by atoms with Gasteiger partial charge in [0.2, 0.25) is 0 Å². The Kier molecular flexibility index (Phi) is 12.3. The second-order valence-electron chi connectivity index (χ2n) is 11.3. The van der Waals surface area contributed by atoms with Crippen LogP contribution in [0.3, 0.4) is 0 Å². The van der Waals surface area contributed by atoms with Gasteiger partial charge in [-0.25, -0.2) is 0 Å². The van der Waals surface area contributed by atoms with Crippen molar-refractivity contribution in [3.63, 3.8) is 0 Å². The fourth-order valence-corrected chi connectivity index (χ4v) is 6.42. The summed E-state index contributed by atoms with van der Waals surface area (Å²) in [6.45, 7) is 16.5. The molecule has 0 aliphatic carbocycles. The normalized spacial score (nSPS) is 17.3. The van der Waals surface area contributed by atoms with E-state index < -0.39 is 0 Å². The number of anilines is 1. The van der Waals surface area contributed by atoms with Gasteiger partial charge in [-0.05, 0) is 83.3 Å². The van der Waals surface area contributed by atoms with E-state index in [4.69, 9.17) is 4.74 Å². The summed E-state index contributed by atoms with van der Waals surface area (Å²) in [6.07, 6.45) is 5.95. The van der Waals surface area contributed by atoms with Crippen LogP contribution < -0.4 is 9.64 Å². The van der Waals surface area contributed by atoms with Crippen LogP contribution in [-0.2, 0) is 22.5 Å². The Morgan fingerprint density at radius 1 is 0.953 bits per heavy atom. The Hall–Kier alpha value is -3.52. The first kappa shape index (κ1) is 32.4. The standard InChI is InChI=1S/C32H44N4O2.C3H6O2/c1-4-29-31(28-12-6-7-13-30(28)36(29)5-2)32(37)35-22-20-34(21-23-35)26-14-16-27(17-15-26)38-24-10-19-33-18-9-8-11-25(33)3;1-2-5-3-4/h6-7,12-17,25H,4-5,8-11,18-24H2,1-3H3;3H,2H2,1H3. The average molecular weight is 591 g/mol. The average Bonchev–Trinajstić information content (AvgIpc) is 3.38. The first-order valence-electron chi connectivity index (χ1n) is 16.2. The number of benzene rings is 2. The molecule has 8 heteroatoms. The quantitative estimate of drug-likeness (QED) is 0.201. The van der Waals surface area contributed by atoms with Gasteiger partial charge in [-0.15, -0.1) is 0 Å². The van der Waals surface area contributed by atoms with Gasteiger partial charge in [0.25, 0.3) is 12.4 Å². The molecular formula is C35H50N4O4. The predicted octanol–water partition coefficient (Wildman–Crippen LogP) is 6.01. The Labute approximate surface area is 257 Å². The van der Waals surface area contributed by atoms with Crippen LogP contribution in [0.5, 0.6) is 5.75 Å². The summed E-state index contributed by atoms with van der Waals surface area (Å²) in [5, 5.41) is 1.08. The van der Waals surface area contributed by atoms with E-state index in [-0.39, 0.29) is 5.91 Å². The van der Waals surface area contributed by atoms with Gasteiger partial charge in [-0.1, -0.05) is 31.5 Å². The van der Waals surface area contributed by atoms with Gasteiger partial charge < -0.3 is 28.7 Å². The molecule has 0 saturated carbocycles. The van der Waals surface area contributed by atoms with Crippen LogP contribution in [-0.4, -0.2) is 85.3 Å². The fourth-order valence-electron chi connectivity index (χ4n) is 6.42. The molecule has 1 atom stereocenters. The summed E-state index contributed by atoms with van der Waals surface area (Å²) in [5.41, 5.74) is 4.41. The molecule has 2 aromatic carbocycles. The SMILES string of the molecule is CCOC=O.CCc1c(C(=O)N2CCN(c3ccc(OCCCN4CCCCC4C)cc3)CC2)c2ccccc2n1CC. The topological polar surface area (TPSA) is 67.3 Å². The number of para-hydroxylation sites is 1. The molecule has 5 rings (SSSR count). The van der Waals surface area contributed by atoms with Crippen molar-refractivity contribution in [1.29, 1.82) is 0 Å². The molecule has 0 N–H and O–H groups in total.